The highest BCUT2D eigenvalue weighted by Gasteiger charge is 2.40. The average Bonchev–Trinajstić information content (AvgIpc) is 3.16. The number of carbonyl (C=O) groups is 2. The van der Waals surface area contributed by atoms with E-state index in [0.29, 0.717) is 43.7 Å². The molecule has 2 aromatic rings. The van der Waals surface area contributed by atoms with Gasteiger partial charge in [0.2, 0.25) is 11.8 Å². The number of hydrogen-bond acceptors (Lipinski definition) is 6. The molecular formula is C19H25N7O2. The van der Waals surface area contributed by atoms with Gasteiger partial charge in [-0.05, 0) is 37.9 Å². The van der Waals surface area contributed by atoms with Gasteiger partial charge >= 0.3 is 0 Å². The Labute approximate surface area is 163 Å². The van der Waals surface area contributed by atoms with Crippen molar-refractivity contribution in [3.8, 4) is 0 Å². The molecule has 4 aliphatic rings. The summed E-state index contributed by atoms with van der Waals surface area (Å²) in [4.78, 5) is 40.2. The van der Waals surface area contributed by atoms with E-state index in [9.17, 15) is 9.59 Å². The number of aromatic nitrogens is 4. The van der Waals surface area contributed by atoms with Crippen LogP contribution in [0.4, 0.5) is 0 Å². The lowest BCUT2D eigenvalue weighted by Gasteiger charge is -2.46. The fourth-order valence-electron chi connectivity index (χ4n) is 4.75. The van der Waals surface area contributed by atoms with E-state index in [4.69, 9.17) is 0 Å². The highest BCUT2D eigenvalue weighted by atomic mass is 16.2. The number of carbonyl (C=O) groups excluding carboxylic acids is 2. The van der Waals surface area contributed by atoms with Gasteiger partial charge in [-0.25, -0.2) is 9.50 Å². The van der Waals surface area contributed by atoms with Gasteiger partial charge in [-0.1, -0.05) is 0 Å². The molecule has 4 fully saturated rings. The molecule has 2 aromatic heterocycles. The number of piperazine rings is 1. The van der Waals surface area contributed by atoms with Crippen molar-refractivity contribution in [2.24, 2.45) is 11.8 Å². The van der Waals surface area contributed by atoms with Crippen LogP contribution in [0, 0.1) is 11.8 Å². The normalized spacial score (nSPS) is 27.4. The lowest BCUT2D eigenvalue weighted by atomic mass is 9.78. The topological polar surface area (TPSA) is 86.9 Å². The number of amides is 2. The molecule has 0 saturated carbocycles. The van der Waals surface area contributed by atoms with E-state index >= 15 is 0 Å². The van der Waals surface area contributed by atoms with Crippen molar-refractivity contribution < 1.29 is 9.59 Å². The Morgan fingerprint density at radius 3 is 2.46 bits per heavy atom. The van der Waals surface area contributed by atoms with Gasteiger partial charge in [0.05, 0.1) is 12.3 Å². The van der Waals surface area contributed by atoms with Crippen LogP contribution in [0.15, 0.2) is 18.5 Å². The fourth-order valence-corrected chi connectivity index (χ4v) is 4.75. The summed E-state index contributed by atoms with van der Waals surface area (Å²) in [5, 5.41) is 4.30. The van der Waals surface area contributed by atoms with Crippen molar-refractivity contribution in [3.05, 3.63) is 24.3 Å². The van der Waals surface area contributed by atoms with Crippen molar-refractivity contribution in [1.29, 1.82) is 0 Å². The van der Waals surface area contributed by atoms with Crippen LogP contribution in [0.2, 0.25) is 0 Å². The molecule has 0 radical (unpaired) electrons. The molecule has 148 valence electrons. The molecule has 0 spiro atoms. The van der Waals surface area contributed by atoms with Crippen molar-refractivity contribution in [2.45, 2.75) is 19.3 Å². The molecule has 9 heteroatoms. The molecule has 9 nitrogen and oxygen atoms in total. The predicted octanol–water partition coefficient (Wildman–Crippen LogP) is -0.321. The van der Waals surface area contributed by atoms with Crippen molar-refractivity contribution >= 4 is 17.6 Å². The van der Waals surface area contributed by atoms with Crippen LogP contribution in [0.25, 0.3) is 5.78 Å². The molecule has 4 aliphatic heterocycles. The molecule has 1 unspecified atom stereocenters. The Kier molecular flexibility index (Phi) is 4.46. The van der Waals surface area contributed by atoms with Crippen molar-refractivity contribution in [2.75, 3.05) is 45.8 Å². The van der Waals surface area contributed by atoms with E-state index in [-0.39, 0.29) is 24.2 Å². The molecular weight excluding hydrogens is 358 g/mol. The maximum atomic E-state index is 13.0. The van der Waals surface area contributed by atoms with Gasteiger partial charge in [0.25, 0.3) is 5.78 Å². The van der Waals surface area contributed by atoms with Crippen LogP contribution in [0.5, 0.6) is 0 Å². The third-order valence-electron chi connectivity index (χ3n) is 6.39. The quantitative estimate of drug-likeness (QED) is 0.722. The Morgan fingerprint density at radius 1 is 1.04 bits per heavy atom. The van der Waals surface area contributed by atoms with E-state index < -0.39 is 0 Å². The Hall–Kier alpha value is -2.55. The van der Waals surface area contributed by atoms with E-state index in [1.807, 2.05) is 9.80 Å². The molecule has 2 bridgehead atoms. The molecule has 6 rings (SSSR count). The second-order valence-corrected chi connectivity index (χ2v) is 8.02. The summed E-state index contributed by atoms with van der Waals surface area (Å²) < 4.78 is 1.58. The Morgan fingerprint density at radius 2 is 1.79 bits per heavy atom. The number of rotatable bonds is 3. The van der Waals surface area contributed by atoms with E-state index in [1.165, 1.54) is 0 Å². The summed E-state index contributed by atoms with van der Waals surface area (Å²) >= 11 is 0. The first kappa shape index (κ1) is 17.5. The maximum absolute atomic E-state index is 13.0. The zero-order valence-electron chi connectivity index (χ0n) is 15.9. The van der Waals surface area contributed by atoms with Gasteiger partial charge < -0.3 is 14.7 Å². The fraction of sp³-hybridized carbons (Fsp3) is 0.632. The summed E-state index contributed by atoms with van der Waals surface area (Å²) in [6.45, 7) is 5.60. The summed E-state index contributed by atoms with van der Waals surface area (Å²) in [7, 11) is 0. The van der Waals surface area contributed by atoms with Gasteiger partial charge in [0.15, 0.2) is 5.82 Å². The zero-order chi connectivity index (χ0) is 19.1. The summed E-state index contributed by atoms with van der Waals surface area (Å²) in [5.74, 6) is 1.97. The maximum Gasteiger partial charge on any atom is 0.252 e. The van der Waals surface area contributed by atoms with Crippen LogP contribution in [0.3, 0.4) is 0 Å². The lowest BCUT2D eigenvalue weighted by Crippen LogP contribution is -2.57. The van der Waals surface area contributed by atoms with Gasteiger partial charge in [-0.2, -0.15) is 4.98 Å². The molecule has 1 atom stereocenters. The number of fused-ring (bicyclic) bond motifs is 4. The molecule has 0 aliphatic carbocycles. The van der Waals surface area contributed by atoms with Crippen LogP contribution in [-0.2, 0) is 16.0 Å². The van der Waals surface area contributed by atoms with Crippen LogP contribution in [0.1, 0.15) is 18.7 Å². The van der Waals surface area contributed by atoms with E-state index in [1.54, 1.807) is 23.0 Å². The summed E-state index contributed by atoms with van der Waals surface area (Å²) in [6.07, 6.45) is 5.88. The zero-order valence-corrected chi connectivity index (χ0v) is 15.9. The average molecular weight is 383 g/mol. The monoisotopic (exact) mass is 383 g/mol. The van der Waals surface area contributed by atoms with E-state index in [0.717, 1.165) is 32.5 Å². The van der Waals surface area contributed by atoms with Crippen LogP contribution >= 0.6 is 0 Å². The first-order chi connectivity index (χ1) is 13.7. The third-order valence-corrected chi connectivity index (χ3v) is 6.39. The second-order valence-electron chi connectivity index (χ2n) is 8.02. The number of hydrogen-bond donors (Lipinski definition) is 0. The Bertz CT molecular complexity index is 848. The minimum atomic E-state index is 0.00541. The largest absolute Gasteiger partial charge is 0.339 e. The van der Waals surface area contributed by atoms with Gasteiger partial charge in [0, 0.05) is 45.1 Å². The highest BCUT2D eigenvalue weighted by molar-refractivity contribution is 5.81. The highest BCUT2D eigenvalue weighted by Crippen LogP contribution is 2.33. The van der Waals surface area contributed by atoms with Gasteiger partial charge in [-0.15, -0.1) is 5.10 Å². The Balaban J connectivity index is 1.16. The molecule has 4 saturated heterocycles. The molecule has 0 N–H and O–H groups in total. The molecule has 28 heavy (non-hydrogen) atoms. The molecule has 6 heterocycles. The number of piperidine rings is 3. The van der Waals surface area contributed by atoms with Gasteiger partial charge in [0.1, 0.15) is 0 Å². The van der Waals surface area contributed by atoms with Crippen LogP contribution in [-0.4, -0.2) is 91.9 Å². The SMILES string of the molecule is O=C(Cc1nc2ncccn2n1)N1CCN(C(=O)C2CN3CCC2CC3)CC1. The second kappa shape index (κ2) is 7.12. The first-order valence-corrected chi connectivity index (χ1v) is 10.1. The molecule has 0 aromatic carbocycles. The van der Waals surface area contributed by atoms with Crippen LogP contribution < -0.4 is 0 Å². The smallest absolute Gasteiger partial charge is 0.252 e. The van der Waals surface area contributed by atoms with E-state index in [2.05, 4.69) is 20.0 Å². The first-order valence-electron chi connectivity index (χ1n) is 10.1. The minimum Gasteiger partial charge on any atom is -0.339 e. The molecule has 2 amide bonds. The van der Waals surface area contributed by atoms with Crippen molar-refractivity contribution in [3.63, 3.8) is 0 Å². The standard InChI is InChI=1S/C19H25N7O2/c27-17(12-16-21-19-20-4-1-5-26(19)22-16)24-8-10-25(11-9-24)18(28)15-13-23-6-2-14(15)3-7-23/h1,4-5,14-15H,2-3,6-13H2. The van der Waals surface area contributed by atoms with Gasteiger partial charge in [-0.3, -0.25) is 9.59 Å². The third kappa shape index (κ3) is 3.23. The minimum absolute atomic E-state index is 0.00541. The number of nitrogens with zero attached hydrogens (tertiary/aromatic N) is 7. The lowest BCUT2D eigenvalue weighted by molar-refractivity contribution is -0.146. The van der Waals surface area contributed by atoms with Crippen molar-refractivity contribution in [1.82, 2.24) is 34.3 Å². The predicted molar refractivity (Wildman–Crippen MR) is 100 cm³/mol. The summed E-state index contributed by atoms with van der Waals surface area (Å²) in [5.41, 5.74) is 0. The summed E-state index contributed by atoms with van der Waals surface area (Å²) in [6, 6.07) is 1.78.